The van der Waals surface area contributed by atoms with Crippen LogP contribution in [-0.2, 0) is 6.42 Å². The van der Waals surface area contributed by atoms with Crippen LogP contribution >= 0.6 is 11.3 Å². The minimum Gasteiger partial charge on any atom is -0.311 e. The van der Waals surface area contributed by atoms with Gasteiger partial charge < -0.3 is 5.32 Å². The zero-order chi connectivity index (χ0) is 10.7. The van der Waals surface area contributed by atoms with Crippen molar-refractivity contribution in [3.8, 4) is 0 Å². The van der Waals surface area contributed by atoms with Crippen LogP contribution in [0.25, 0.3) is 0 Å². The molecule has 0 fully saturated rings. The summed E-state index contributed by atoms with van der Waals surface area (Å²) in [4.78, 5) is 4.43. The third-order valence-corrected chi connectivity index (χ3v) is 3.17. The predicted molar refractivity (Wildman–Crippen MR) is 58.7 cm³/mol. The third kappa shape index (κ3) is 2.40. The van der Waals surface area contributed by atoms with Crippen molar-refractivity contribution in [3.63, 3.8) is 0 Å². The molecule has 6 heteroatoms. The van der Waals surface area contributed by atoms with Crippen LogP contribution in [0.4, 0.5) is 0 Å². The van der Waals surface area contributed by atoms with Gasteiger partial charge >= 0.3 is 0 Å². The fourth-order valence-corrected chi connectivity index (χ4v) is 2.22. The average Bonchev–Trinajstić information content (AvgIpc) is 2.85. The number of nitrogens with one attached hydrogen (secondary N) is 2. The SMILES string of the molecule is CNC(Cc1nc(C)cs1)c1cn[nH]n1. The van der Waals surface area contributed by atoms with Gasteiger partial charge in [-0.1, -0.05) is 0 Å². The Morgan fingerprint density at radius 2 is 2.47 bits per heavy atom. The van der Waals surface area contributed by atoms with E-state index in [4.69, 9.17) is 0 Å². The van der Waals surface area contributed by atoms with E-state index in [1.165, 1.54) is 0 Å². The topological polar surface area (TPSA) is 66.5 Å². The molecule has 0 saturated carbocycles. The normalized spacial score (nSPS) is 12.9. The van der Waals surface area contributed by atoms with Gasteiger partial charge in [-0.3, -0.25) is 0 Å². The first-order valence-electron chi connectivity index (χ1n) is 4.73. The number of H-pyrrole nitrogens is 1. The van der Waals surface area contributed by atoms with Crippen molar-refractivity contribution in [1.82, 2.24) is 25.7 Å². The average molecular weight is 223 g/mol. The van der Waals surface area contributed by atoms with Crippen LogP contribution in [-0.4, -0.2) is 27.4 Å². The van der Waals surface area contributed by atoms with Gasteiger partial charge in [0.25, 0.3) is 0 Å². The lowest BCUT2D eigenvalue weighted by molar-refractivity contribution is 0.572. The molecule has 2 aromatic rings. The van der Waals surface area contributed by atoms with Gasteiger partial charge in [0.1, 0.15) is 0 Å². The van der Waals surface area contributed by atoms with E-state index in [1.54, 1.807) is 17.5 Å². The van der Waals surface area contributed by atoms with Gasteiger partial charge in [-0.25, -0.2) is 4.98 Å². The Labute approximate surface area is 91.9 Å². The molecule has 1 atom stereocenters. The molecule has 2 heterocycles. The van der Waals surface area contributed by atoms with Crippen molar-refractivity contribution in [3.05, 3.63) is 28.0 Å². The summed E-state index contributed by atoms with van der Waals surface area (Å²) < 4.78 is 0. The quantitative estimate of drug-likeness (QED) is 0.813. The van der Waals surface area contributed by atoms with Crippen LogP contribution in [0.1, 0.15) is 22.4 Å². The van der Waals surface area contributed by atoms with Crippen molar-refractivity contribution < 1.29 is 0 Å². The van der Waals surface area contributed by atoms with E-state index < -0.39 is 0 Å². The fraction of sp³-hybridized carbons (Fsp3) is 0.444. The first kappa shape index (κ1) is 10.3. The number of aromatic amines is 1. The Kier molecular flexibility index (Phi) is 3.08. The summed E-state index contributed by atoms with van der Waals surface area (Å²) in [5.74, 6) is 0. The monoisotopic (exact) mass is 223 g/mol. The van der Waals surface area contributed by atoms with Crippen LogP contribution in [0.3, 0.4) is 0 Å². The third-order valence-electron chi connectivity index (χ3n) is 2.18. The highest BCUT2D eigenvalue weighted by Gasteiger charge is 2.14. The number of aromatic nitrogens is 4. The summed E-state index contributed by atoms with van der Waals surface area (Å²) in [6.45, 7) is 2.00. The van der Waals surface area contributed by atoms with E-state index in [2.05, 4.69) is 31.1 Å². The molecule has 80 valence electrons. The van der Waals surface area contributed by atoms with Gasteiger partial charge in [-0.05, 0) is 14.0 Å². The maximum atomic E-state index is 4.43. The number of aryl methyl sites for hydroxylation is 1. The standard InChI is InChI=1S/C9H13N5S/c1-6-5-15-9(12-6)3-7(10-2)8-4-11-14-13-8/h4-5,7,10H,3H2,1-2H3,(H,11,13,14). The molecule has 0 aliphatic rings. The lowest BCUT2D eigenvalue weighted by Gasteiger charge is -2.10. The largest absolute Gasteiger partial charge is 0.311 e. The van der Waals surface area contributed by atoms with Gasteiger partial charge in [0.15, 0.2) is 0 Å². The second kappa shape index (κ2) is 4.50. The van der Waals surface area contributed by atoms with Crippen molar-refractivity contribution in [2.75, 3.05) is 7.05 Å². The molecule has 5 nitrogen and oxygen atoms in total. The number of hydrogen-bond acceptors (Lipinski definition) is 5. The Hall–Kier alpha value is -1.27. The molecule has 0 spiro atoms. The maximum Gasteiger partial charge on any atom is 0.0998 e. The molecule has 0 radical (unpaired) electrons. The van der Waals surface area contributed by atoms with Crippen LogP contribution in [0.15, 0.2) is 11.6 Å². The summed E-state index contributed by atoms with van der Waals surface area (Å²) in [7, 11) is 1.92. The molecule has 1 unspecified atom stereocenters. The van der Waals surface area contributed by atoms with E-state index in [0.717, 1.165) is 22.8 Å². The molecular formula is C9H13N5S. The molecule has 15 heavy (non-hydrogen) atoms. The molecule has 0 saturated heterocycles. The number of thiazole rings is 1. The summed E-state index contributed by atoms with van der Waals surface area (Å²) in [6.07, 6.45) is 2.59. The van der Waals surface area contributed by atoms with E-state index in [0.29, 0.717) is 0 Å². The Morgan fingerprint density at radius 1 is 1.60 bits per heavy atom. The van der Waals surface area contributed by atoms with Crippen molar-refractivity contribution in [1.29, 1.82) is 0 Å². The molecule has 0 aliphatic heterocycles. The summed E-state index contributed by atoms with van der Waals surface area (Å²) in [5, 5.41) is 16.9. The summed E-state index contributed by atoms with van der Waals surface area (Å²) in [6, 6.07) is 0.175. The summed E-state index contributed by atoms with van der Waals surface area (Å²) >= 11 is 1.68. The number of hydrogen-bond donors (Lipinski definition) is 2. The first-order chi connectivity index (χ1) is 7.29. The highest BCUT2D eigenvalue weighted by atomic mass is 32.1. The minimum atomic E-state index is 0.175. The Balaban J connectivity index is 2.09. The van der Waals surface area contributed by atoms with Crippen molar-refractivity contribution in [2.45, 2.75) is 19.4 Å². The van der Waals surface area contributed by atoms with Gasteiger partial charge in [-0.2, -0.15) is 15.4 Å². The zero-order valence-electron chi connectivity index (χ0n) is 8.69. The molecular weight excluding hydrogens is 210 g/mol. The molecule has 0 aromatic carbocycles. The van der Waals surface area contributed by atoms with Gasteiger partial charge in [-0.15, -0.1) is 11.3 Å². The second-order valence-corrected chi connectivity index (χ2v) is 4.27. The minimum absolute atomic E-state index is 0.175. The van der Waals surface area contributed by atoms with E-state index in [9.17, 15) is 0 Å². The van der Waals surface area contributed by atoms with E-state index in [1.807, 2.05) is 14.0 Å². The predicted octanol–water partition coefficient (Wildman–Crippen LogP) is 1.07. The fourth-order valence-electron chi connectivity index (χ4n) is 1.40. The van der Waals surface area contributed by atoms with Crippen molar-refractivity contribution in [2.24, 2.45) is 0 Å². The van der Waals surface area contributed by atoms with E-state index in [-0.39, 0.29) is 6.04 Å². The van der Waals surface area contributed by atoms with E-state index >= 15 is 0 Å². The van der Waals surface area contributed by atoms with Crippen LogP contribution in [0.2, 0.25) is 0 Å². The first-order valence-corrected chi connectivity index (χ1v) is 5.61. The molecule has 0 amide bonds. The van der Waals surface area contributed by atoms with Gasteiger partial charge in [0.05, 0.1) is 22.9 Å². The number of rotatable bonds is 4. The highest BCUT2D eigenvalue weighted by molar-refractivity contribution is 7.09. The zero-order valence-corrected chi connectivity index (χ0v) is 9.51. The summed E-state index contributed by atoms with van der Waals surface area (Å²) in [5.41, 5.74) is 2.00. The number of likely N-dealkylation sites (N-methyl/N-ethyl adjacent to an activating group) is 1. The highest BCUT2D eigenvalue weighted by Crippen LogP contribution is 2.18. The van der Waals surface area contributed by atoms with Crippen molar-refractivity contribution >= 4 is 11.3 Å². The Bertz CT molecular complexity index is 408. The maximum absolute atomic E-state index is 4.43. The number of nitrogens with zero attached hydrogens (tertiary/aromatic N) is 3. The Morgan fingerprint density at radius 3 is 3.00 bits per heavy atom. The van der Waals surface area contributed by atoms with Crippen LogP contribution in [0, 0.1) is 6.92 Å². The molecule has 0 bridgehead atoms. The smallest absolute Gasteiger partial charge is 0.0998 e. The van der Waals surface area contributed by atoms with Gasteiger partial charge in [0.2, 0.25) is 0 Å². The molecule has 2 N–H and O–H groups in total. The second-order valence-electron chi connectivity index (χ2n) is 3.32. The molecule has 0 aliphatic carbocycles. The van der Waals surface area contributed by atoms with Gasteiger partial charge in [0, 0.05) is 17.5 Å². The lowest BCUT2D eigenvalue weighted by atomic mass is 10.1. The molecule has 2 rings (SSSR count). The van der Waals surface area contributed by atoms with Crippen LogP contribution in [0.5, 0.6) is 0 Å². The lowest BCUT2D eigenvalue weighted by Crippen LogP contribution is -2.19. The molecule has 2 aromatic heterocycles. The van der Waals surface area contributed by atoms with Crippen LogP contribution < -0.4 is 5.32 Å².